The Morgan fingerprint density at radius 3 is 2.04 bits per heavy atom. The number of aromatic hydroxyl groups is 1. The van der Waals surface area contributed by atoms with E-state index < -0.39 is 22.1 Å². The van der Waals surface area contributed by atoms with Crippen LogP contribution >= 0.6 is 0 Å². The van der Waals surface area contributed by atoms with Crippen LogP contribution in [-0.4, -0.2) is 29.2 Å². The fraction of sp³-hybridized carbons (Fsp3) is 0.0556. The Morgan fingerprint density at radius 2 is 1.50 bits per heavy atom. The molecule has 136 valence electrons. The van der Waals surface area contributed by atoms with Gasteiger partial charge in [0.25, 0.3) is 10.1 Å². The second-order valence-corrected chi connectivity index (χ2v) is 6.81. The van der Waals surface area contributed by atoms with Crippen molar-refractivity contribution in [2.24, 2.45) is 5.73 Å². The highest BCUT2D eigenvalue weighted by molar-refractivity contribution is 7.85. The monoisotopic (exact) mass is 375 g/mol. The molecule has 3 aromatic rings. The van der Waals surface area contributed by atoms with E-state index in [0.29, 0.717) is 5.56 Å². The molecule has 0 heterocycles. The Bertz CT molecular complexity index is 1020. The first-order chi connectivity index (χ1) is 12.2. The maximum absolute atomic E-state index is 10.8. The van der Waals surface area contributed by atoms with Gasteiger partial charge in [0.05, 0.1) is 4.90 Å². The van der Waals surface area contributed by atoms with E-state index in [0.717, 1.165) is 10.8 Å². The van der Waals surface area contributed by atoms with E-state index in [1.54, 1.807) is 12.1 Å². The molecule has 0 aliphatic rings. The smallest absolute Gasteiger partial charge is 0.325 e. The van der Waals surface area contributed by atoms with Crippen molar-refractivity contribution in [3.63, 3.8) is 0 Å². The average Bonchev–Trinajstić information content (AvgIpc) is 2.61. The maximum atomic E-state index is 10.8. The number of hydrogen-bond donors (Lipinski definition) is 4. The van der Waals surface area contributed by atoms with Gasteiger partial charge in [0.2, 0.25) is 0 Å². The van der Waals surface area contributed by atoms with Gasteiger partial charge in [-0.25, -0.2) is 0 Å². The SMILES string of the molecule is NC(C(=O)O)c1ccc(O)cc1.O=S(=O)(O)c1ccc2ccccc2c1. The van der Waals surface area contributed by atoms with Crippen LogP contribution in [0.15, 0.2) is 71.6 Å². The number of carboxylic acid groups (broad SMARTS) is 1. The molecule has 3 aromatic carbocycles. The minimum atomic E-state index is -4.09. The molecule has 0 spiro atoms. The Kier molecular flexibility index (Phi) is 5.93. The average molecular weight is 375 g/mol. The third kappa shape index (κ3) is 5.03. The fourth-order valence-electron chi connectivity index (χ4n) is 2.15. The van der Waals surface area contributed by atoms with Gasteiger partial charge in [0.15, 0.2) is 0 Å². The molecule has 26 heavy (non-hydrogen) atoms. The molecule has 0 saturated heterocycles. The van der Waals surface area contributed by atoms with Crippen LogP contribution in [0.1, 0.15) is 11.6 Å². The zero-order chi connectivity index (χ0) is 19.3. The quantitative estimate of drug-likeness (QED) is 0.516. The number of rotatable bonds is 3. The first-order valence-electron chi connectivity index (χ1n) is 7.42. The van der Waals surface area contributed by atoms with E-state index >= 15 is 0 Å². The molecular formula is C18H17NO6S. The molecular weight excluding hydrogens is 358 g/mol. The molecule has 1 atom stereocenters. The largest absolute Gasteiger partial charge is 0.508 e. The summed E-state index contributed by atoms with van der Waals surface area (Å²) < 4.78 is 30.5. The Hall–Kier alpha value is -2.94. The van der Waals surface area contributed by atoms with Crippen molar-refractivity contribution in [1.29, 1.82) is 0 Å². The molecule has 0 saturated carbocycles. The Balaban J connectivity index is 0.000000190. The van der Waals surface area contributed by atoms with E-state index in [4.69, 9.17) is 20.5 Å². The molecule has 0 radical (unpaired) electrons. The third-order valence-corrected chi connectivity index (χ3v) is 4.39. The Morgan fingerprint density at radius 1 is 0.923 bits per heavy atom. The molecule has 8 heteroatoms. The molecule has 0 aliphatic carbocycles. The van der Waals surface area contributed by atoms with Crippen LogP contribution in [0.3, 0.4) is 0 Å². The minimum absolute atomic E-state index is 0.0730. The van der Waals surface area contributed by atoms with Gasteiger partial charge in [-0.2, -0.15) is 8.42 Å². The molecule has 5 N–H and O–H groups in total. The third-order valence-electron chi connectivity index (χ3n) is 3.54. The lowest BCUT2D eigenvalue weighted by Crippen LogP contribution is -2.20. The van der Waals surface area contributed by atoms with Crippen molar-refractivity contribution < 1.29 is 28.0 Å². The zero-order valence-corrected chi connectivity index (χ0v) is 14.3. The number of nitrogens with two attached hydrogens (primary N) is 1. The number of carbonyl (C=O) groups is 1. The van der Waals surface area contributed by atoms with Crippen molar-refractivity contribution in [3.05, 3.63) is 72.3 Å². The highest BCUT2D eigenvalue weighted by Gasteiger charge is 2.13. The lowest BCUT2D eigenvalue weighted by molar-refractivity contribution is -0.138. The van der Waals surface area contributed by atoms with Crippen LogP contribution < -0.4 is 5.73 Å². The van der Waals surface area contributed by atoms with Crippen LogP contribution in [0.2, 0.25) is 0 Å². The molecule has 7 nitrogen and oxygen atoms in total. The van der Waals surface area contributed by atoms with Crippen molar-refractivity contribution in [2.45, 2.75) is 10.9 Å². The molecule has 0 fully saturated rings. The summed E-state index contributed by atoms with van der Waals surface area (Å²) in [6.07, 6.45) is 0. The summed E-state index contributed by atoms with van der Waals surface area (Å²) in [5, 5.41) is 19.1. The Labute approximate surface area is 150 Å². The number of hydrogen-bond acceptors (Lipinski definition) is 5. The van der Waals surface area contributed by atoms with Gasteiger partial charge < -0.3 is 15.9 Å². The maximum Gasteiger partial charge on any atom is 0.325 e. The van der Waals surface area contributed by atoms with Gasteiger partial charge in [0.1, 0.15) is 11.8 Å². The number of phenols is 1. The topological polar surface area (TPSA) is 138 Å². The summed E-state index contributed by atoms with van der Waals surface area (Å²) in [5.41, 5.74) is 5.78. The first kappa shape index (κ1) is 19.4. The van der Waals surface area contributed by atoms with Crippen LogP contribution in [0, 0.1) is 0 Å². The number of aliphatic carboxylic acids is 1. The van der Waals surface area contributed by atoms with Gasteiger partial charge in [-0.15, -0.1) is 0 Å². The van der Waals surface area contributed by atoms with Crippen LogP contribution in [0.4, 0.5) is 0 Å². The van der Waals surface area contributed by atoms with E-state index in [-0.39, 0.29) is 10.6 Å². The highest BCUT2D eigenvalue weighted by Crippen LogP contribution is 2.18. The van der Waals surface area contributed by atoms with Crippen molar-refractivity contribution in [2.75, 3.05) is 0 Å². The van der Waals surface area contributed by atoms with Gasteiger partial charge in [-0.1, -0.05) is 42.5 Å². The number of benzene rings is 3. The normalized spacial score (nSPS) is 12.1. The molecule has 3 rings (SSSR count). The molecule has 1 unspecified atom stereocenters. The summed E-state index contributed by atoms with van der Waals surface area (Å²) in [5.74, 6) is -0.989. The van der Waals surface area contributed by atoms with E-state index in [1.165, 1.54) is 36.4 Å². The predicted octanol–water partition coefficient (Wildman–Crippen LogP) is 2.56. The van der Waals surface area contributed by atoms with E-state index in [9.17, 15) is 13.2 Å². The van der Waals surface area contributed by atoms with E-state index in [1.807, 2.05) is 18.2 Å². The number of phenolic OH excluding ortho intramolecular Hbond substituents is 1. The molecule has 0 aliphatic heterocycles. The molecule has 0 bridgehead atoms. The summed E-state index contributed by atoms with van der Waals surface area (Å²) in [6, 6.07) is 16.6. The van der Waals surface area contributed by atoms with Gasteiger partial charge >= 0.3 is 5.97 Å². The fourth-order valence-corrected chi connectivity index (χ4v) is 2.67. The van der Waals surface area contributed by atoms with Crippen LogP contribution in [0.25, 0.3) is 10.8 Å². The zero-order valence-electron chi connectivity index (χ0n) is 13.5. The summed E-state index contributed by atoms with van der Waals surface area (Å²) in [4.78, 5) is 10.3. The van der Waals surface area contributed by atoms with Gasteiger partial charge in [-0.05, 0) is 40.6 Å². The standard InChI is InChI=1S/C10H8O3S.C8H9NO3/c11-14(12,13)10-6-5-8-3-1-2-4-9(8)7-10;9-7(8(11)12)5-1-3-6(10)4-2-5/h1-7H,(H,11,12,13);1-4,7,10H,9H2,(H,11,12). The van der Waals surface area contributed by atoms with Crippen LogP contribution in [-0.2, 0) is 14.9 Å². The first-order valence-corrected chi connectivity index (χ1v) is 8.86. The number of carboxylic acids is 1. The van der Waals surface area contributed by atoms with Gasteiger partial charge in [0, 0.05) is 0 Å². The van der Waals surface area contributed by atoms with Crippen molar-refractivity contribution in [1.82, 2.24) is 0 Å². The van der Waals surface area contributed by atoms with Crippen molar-refractivity contribution >= 4 is 26.9 Å². The lowest BCUT2D eigenvalue weighted by atomic mass is 10.1. The summed E-state index contributed by atoms with van der Waals surface area (Å²) in [7, 11) is -4.09. The minimum Gasteiger partial charge on any atom is -0.508 e. The molecule has 0 amide bonds. The van der Waals surface area contributed by atoms with E-state index in [2.05, 4.69) is 0 Å². The highest BCUT2D eigenvalue weighted by atomic mass is 32.2. The second-order valence-electron chi connectivity index (χ2n) is 5.39. The van der Waals surface area contributed by atoms with Crippen molar-refractivity contribution in [3.8, 4) is 5.75 Å². The van der Waals surface area contributed by atoms with Gasteiger partial charge in [-0.3, -0.25) is 9.35 Å². The number of fused-ring (bicyclic) bond motifs is 1. The van der Waals surface area contributed by atoms with Crippen LogP contribution in [0.5, 0.6) is 5.75 Å². The summed E-state index contributed by atoms with van der Waals surface area (Å²) in [6.45, 7) is 0. The molecule has 0 aromatic heterocycles. The second kappa shape index (κ2) is 7.96. The lowest BCUT2D eigenvalue weighted by Gasteiger charge is -2.05. The summed E-state index contributed by atoms with van der Waals surface area (Å²) >= 11 is 0. The predicted molar refractivity (Wildman–Crippen MR) is 96.4 cm³/mol.